The van der Waals surface area contributed by atoms with E-state index in [4.69, 9.17) is 10.2 Å². The van der Waals surface area contributed by atoms with Crippen LogP contribution in [0.5, 0.6) is 11.6 Å². The normalized spacial score (nSPS) is 10.0. The summed E-state index contributed by atoms with van der Waals surface area (Å²) in [6.07, 6.45) is 0. The fourth-order valence-corrected chi connectivity index (χ4v) is 1.09. The minimum Gasteiger partial charge on any atom is -0.503 e. The average molecular weight is 220 g/mol. The molecule has 1 aromatic heterocycles. The first kappa shape index (κ1) is 12.3. The minimum atomic E-state index is -0.325. The molecule has 2 N–H and O–H groups in total. The maximum absolute atomic E-state index is 9.10. The van der Waals surface area contributed by atoms with E-state index in [1.54, 1.807) is 6.07 Å². The van der Waals surface area contributed by atoms with Crippen molar-refractivity contribution in [2.75, 3.05) is 21.1 Å². The van der Waals surface area contributed by atoms with Crippen molar-refractivity contribution in [3.05, 3.63) is 30.3 Å². The standard InChI is InChI=1S/C9H7NO2.C3H9N/c11-8-5-6-3-1-2-4-7(6)10-9(8)12;1-4(2)3/h1-5,11H,(H,10,12);1-3H3. The van der Waals surface area contributed by atoms with E-state index in [-0.39, 0.29) is 11.6 Å². The molecule has 4 nitrogen and oxygen atoms in total. The molecule has 0 aliphatic heterocycles. The quantitative estimate of drug-likeness (QED) is 0.711. The molecular formula is C12H16N2O2. The molecule has 0 bridgehead atoms. The topological polar surface area (TPSA) is 56.6 Å². The molecule has 0 spiro atoms. The van der Waals surface area contributed by atoms with Gasteiger partial charge in [-0.3, -0.25) is 0 Å². The van der Waals surface area contributed by atoms with Crippen LogP contribution in [0.25, 0.3) is 10.9 Å². The number of aromatic hydroxyl groups is 2. The van der Waals surface area contributed by atoms with Crippen LogP contribution in [0.4, 0.5) is 0 Å². The van der Waals surface area contributed by atoms with Gasteiger partial charge in [0.15, 0.2) is 5.75 Å². The van der Waals surface area contributed by atoms with Crippen molar-refractivity contribution in [1.29, 1.82) is 0 Å². The summed E-state index contributed by atoms with van der Waals surface area (Å²) in [5.41, 5.74) is 0.674. The summed E-state index contributed by atoms with van der Waals surface area (Å²) in [6, 6.07) is 8.75. The fourth-order valence-electron chi connectivity index (χ4n) is 1.09. The molecule has 0 aliphatic carbocycles. The van der Waals surface area contributed by atoms with Crippen LogP contribution in [-0.4, -0.2) is 41.2 Å². The van der Waals surface area contributed by atoms with Crippen LogP contribution in [0, 0.1) is 0 Å². The van der Waals surface area contributed by atoms with E-state index in [1.807, 2.05) is 44.2 Å². The Morgan fingerprint density at radius 2 is 1.62 bits per heavy atom. The maximum atomic E-state index is 9.10. The van der Waals surface area contributed by atoms with Gasteiger partial charge in [-0.25, -0.2) is 4.98 Å². The number of rotatable bonds is 0. The number of para-hydroxylation sites is 1. The molecular weight excluding hydrogens is 204 g/mol. The molecule has 0 unspecified atom stereocenters. The van der Waals surface area contributed by atoms with Gasteiger partial charge >= 0.3 is 0 Å². The highest BCUT2D eigenvalue weighted by molar-refractivity contribution is 5.80. The van der Waals surface area contributed by atoms with E-state index in [2.05, 4.69) is 4.98 Å². The van der Waals surface area contributed by atoms with Crippen LogP contribution in [0.15, 0.2) is 30.3 Å². The van der Waals surface area contributed by atoms with Gasteiger partial charge in [0.1, 0.15) is 0 Å². The summed E-state index contributed by atoms with van der Waals surface area (Å²) < 4.78 is 0. The summed E-state index contributed by atoms with van der Waals surface area (Å²) in [5, 5.41) is 19.0. The Hall–Kier alpha value is -1.81. The van der Waals surface area contributed by atoms with Gasteiger partial charge in [0.05, 0.1) is 5.52 Å². The monoisotopic (exact) mass is 220 g/mol. The Morgan fingerprint density at radius 1 is 1.06 bits per heavy atom. The van der Waals surface area contributed by atoms with Gasteiger partial charge < -0.3 is 15.1 Å². The maximum Gasteiger partial charge on any atom is 0.254 e. The second-order valence-electron chi connectivity index (χ2n) is 3.87. The van der Waals surface area contributed by atoms with E-state index >= 15 is 0 Å². The Bertz CT molecular complexity index is 426. The van der Waals surface area contributed by atoms with Gasteiger partial charge in [-0.1, -0.05) is 18.2 Å². The molecule has 86 valence electrons. The van der Waals surface area contributed by atoms with Crippen LogP contribution in [0.2, 0.25) is 0 Å². The number of aromatic nitrogens is 1. The molecule has 4 heteroatoms. The lowest BCUT2D eigenvalue weighted by Gasteiger charge is -1.98. The van der Waals surface area contributed by atoms with Crippen LogP contribution >= 0.6 is 0 Å². The summed E-state index contributed by atoms with van der Waals surface area (Å²) in [4.78, 5) is 5.78. The average Bonchev–Trinajstić information content (AvgIpc) is 2.19. The molecule has 2 rings (SSSR count). The molecule has 1 heterocycles. The van der Waals surface area contributed by atoms with E-state index in [1.165, 1.54) is 6.07 Å². The molecule has 16 heavy (non-hydrogen) atoms. The predicted molar refractivity (Wildman–Crippen MR) is 64.7 cm³/mol. The second kappa shape index (κ2) is 5.32. The Labute approximate surface area is 94.8 Å². The smallest absolute Gasteiger partial charge is 0.254 e. The third-order valence-corrected chi connectivity index (χ3v) is 1.68. The lowest BCUT2D eigenvalue weighted by molar-refractivity contribution is 0.391. The van der Waals surface area contributed by atoms with E-state index in [0.717, 1.165) is 5.39 Å². The number of pyridine rings is 1. The second-order valence-corrected chi connectivity index (χ2v) is 3.87. The third kappa shape index (κ3) is 3.40. The lowest BCUT2D eigenvalue weighted by atomic mass is 10.2. The first-order chi connectivity index (χ1) is 7.50. The van der Waals surface area contributed by atoms with E-state index in [9.17, 15) is 0 Å². The molecule has 0 radical (unpaired) electrons. The minimum absolute atomic E-state index is 0.186. The van der Waals surface area contributed by atoms with Gasteiger partial charge in [-0.2, -0.15) is 0 Å². The zero-order chi connectivity index (χ0) is 12.1. The van der Waals surface area contributed by atoms with E-state index in [0.29, 0.717) is 5.52 Å². The SMILES string of the molecule is CN(C)C.Oc1cc2ccccc2nc1O. The van der Waals surface area contributed by atoms with Crippen LogP contribution in [-0.2, 0) is 0 Å². The zero-order valence-corrected chi connectivity index (χ0v) is 9.68. The van der Waals surface area contributed by atoms with Crippen molar-refractivity contribution in [2.24, 2.45) is 0 Å². The van der Waals surface area contributed by atoms with Crippen LogP contribution < -0.4 is 0 Å². The first-order valence-electron chi connectivity index (χ1n) is 4.89. The van der Waals surface area contributed by atoms with Crippen molar-refractivity contribution in [3.63, 3.8) is 0 Å². The Balaban J connectivity index is 0.000000280. The molecule has 0 amide bonds. The zero-order valence-electron chi connectivity index (χ0n) is 9.68. The van der Waals surface area contributed by atoms with Gasteiger partial charge in [0.25, 0.3) is 5.88 Å². The fraction of sp³-hybridized carbons (Fsp3) is 0.250. The number of fused-ring (bicyclic) bond motifs is 1. The van der Waals surface area contributed by atoms with Crippen molar-refractivity contribution < 1.29 is 10.2 Å². The predicted octanol–water partition coefficient (Wildman–Crippen LogP) is 1.82. The highest BCUT2D eigenvalue weighted by atomic mass is 16.3. The van der Waals surface area contributed by atoms with Crippen molar-refractivity contribution in [1.82, 2.24) is 9.88 Å². The number of hydrogen-bond donors (Lipinski definition) is 2. The number of nitrogens with zero attached hydrogens (tertiary/aromatic N) is 2. The van der Waals surface area contributed by atoms with Crippen molar-refractivity contribution >= 4 is 10.9 Å². The van der Waals surface area contributed by atoms with Crippen LogP contribution in [0.3, 0.4) is 0 Å². The molecule has 0 fully saturated rings. The summed E-state index contributed by atoms with van der Waals surface area (Å²) in [6.45, 7) is 0. The highest BCUT2D eigenvalue weighted by Gasteiger charge is 2.01. The molecule has 0 saturated heterocycles. The summed E-state index contributed by atoms with van der Waals surface area (Å²) in [7, 11) is 6.00. The molecule has 1 aromatic carbocycles. The lowest BCUT2D eigenvalue weighted by Crippen LogP contribution is -1.99. The third-order valence-electron chi connectivity index (χ3n) is 1.68. The largest absolute Gasteiger partial charge is 0.503 e. The molecule has 0 saturated carbocycles. The Morgan fingerprint density at radius 3 is 2.25 bits per heavy atom. The number of benzene rings is 1. The molecule has 0 atom stereocenters. The van der Waals surface area contributed by atoms with E-state index < -0.39 is 0 Å². The van der Waals surface area contributed by atoms with Gasteiger partial charge in [0.2, 0.25) is 0 Å². The molecule has 2 aromatic rings. The van der Waals surface area contributed by atoms with Crippen molar-refractivity contribution in [3.8, 4) is 11.6 Å². The van der Waals surface area contributed by atoms with Crippen LogP contribution in [0.1, 0.15) is 0 Å². The van der Waals surface area contributed by atoms with Gasteiger partial charge in [-0.15, -0.1) is 0 Å². The Kier molecular flexibility index (Phi) is 4.08. The number of hydrogen-bond acceptors (Lipinski definition) is 4. The summed E-state index contributed by atoms with van der Waals surface area (Å²) in [5.74, 6) is -0.512. The van der Waals surface area contributed by atoms with Gasteiger partial charge in [-0.05, 0) is 33.3 Å². The highest BCUT2D eigenvalue weighted by Crippen LogP contribution is 2.25. The van der Waals surface area contributed by atoms with Crippen molar-refractivity contribution in [2.45, 2.75) is 0 Å². The van der Waals surface area contributed by atoms with Gasteiger partial charge in [0, 0.05) is 5.39 Å². The first-order valence-corrected chi connectivity index (χ1v) is 4.89. The molecule has 0 aliphatic rings. The summed E-state index contributed by atoms with van der Waals surface area (Å²) >= 11 is 0.